The first-order valence-corrected chi connectivity index (χ1v) is 13.3. The van der Waals surface area contributed by atoms with Crippen LogP contribution in [-0.4, -0.2) is 74.5 Å². The van der Waals surface area contributed by atoms with E-state index in [2.05, 4.69) is 20.5 Å². The van der Waals surface area contributed by atoms with Gasteiger partial charge in [0.1, 0.15) is 6.61 Å². The molecule has 0 atom stereocenters. The van der Waals surface area contributed by atoms with Gasteiger partial charge in [0.2, 0.25) is 0 Å². The highest BCUT2D eigenvalue weighted by atomic mass is 16.6. The molecule has 8 nitrogen and oxygen atoms in total. The van der Waals surface area contributed by atoms with Crippen molar-refractivity contribution in [3.8, 4) is 11.1 Å². The normalized spacial score (nSPS) is 16.4. The van der Waals surface area contributed by atoms with Crippen LogP contribution in [0.4, 0.5) is 15.3 Å². The fourth-order valence-corrected chi connectivity index (χ4v) is 4.90. The number of piperidine rings is 1. The zero-order valence-electron chi connectivity index (χ0n) is 21.2. The van der Waals surface area contributed by atoms with Gasteiger partial charge in [-0.2, -0.15) is 0 Å². The number of hydrogen-bond donors (Lipinski definition) is 2. The highest BCUT2D eigenvalue weighted by Gasteiger charge is 2.28. The molecule has 2 aliphatic heterocycles. The highest BCUT2D eigenvalue weighted by molar-refractivity contribution is 5.93. The molecule has 2 aliphatic rings. The van der Waals surface area contributed by atoms with Crippen LogP contribution in [0.15, 0.2) is 54.6 Å². The lowest BCUT2D eigenvalue weighted by molar-refractivity contribution is 0.122. The molecule has 0 radical (unpaired) electrons. The predicted molar refractivity (Wildman–Crippen MR) is 143 cm³/mol. The van der Waals surface area contributed by atoms with Crippen molar-refractivity contribution in [2.45, 2.75) is 38.5 Å². The summed E-state index contributed by atoms with van der Waals surface area (Å²) in [4.78, 5) is 27.9. The third-order valence-corrected chi connectivity index (χ3v) is 6.75. The first-order valence-electron chi connectivity index (χ1n) is 13.3. The Balaban J connectivity index is 1.30. The molecule has 0 spiro atoms. The van der Waals surface area contributed by atoms with Gasteiger partial charge in [-0.15, -0.1) is 0 Å². The Morgan fingerprint density at radius 1 is 0.806 bits per heavy atom. The number of likely N-dealkylation sites (tertiary alicyclic amines) is 1. The zero-order valence-corrected chi connectivity index (χ0v) is 21.2. The minimum Gasteiger partial charge on any atom is -0.446 e. The largest absolute Gasteiger partial charge is 0.446 e. The molecule has 2 heterocycles. The van der Waals surface area contributed by atoms with Crippen LogP contribution in [0.2, 0.25) is 0 Å². The van der Waals surface area contributed by atoms with Crippen LogP contribution >= 0.6 is 0 Å². The lowest BCUT2D eigenvalue weighted by Crippen LogP contribution is -2.50. The van der Waals surface area contributed by atoms with E-state index in [-0.39, 0.29) is 19.2 Å². The number of hydrazine groups is 1. The summed E-state index contributed by atoms with van der Waals surface area (Å²) in [5.41, 5.74) is 2.83. The van der Waals surface area contributed by atoms with Gasteiger partial charge in [0.15, 0.2) is 0 Å². The van der Waals surface area contributed by atoms with E-state index in [1.165, 1.54) is 25.9 Å². The van der Waals surface area contributed by atoms with Crippen molar-refractivity contribution in [3.05, 3.63) is 54.6 Å². The number of hydrogen-bond acceptors (Lipinski definition) is 5. The summed E-state index contributed by atoms with van der Waals surface area (Å²) in [5, 5.41) is 9.43. The number of nitrogens with one attached hydrogen (secondary N) is 2. The second-order valence-corrected chi connectivity index (χ2v) is 9.41. The molecule has 2 aromatic carbocycles. The van der Waals surface area contributed by atoms with E-state index in [1.807, 2.05) is 54.6 Å². The van der Waals surface area contributed by atoms with Gasteiger partial charge in [-0.25, -0.2) is 19.6 Å². The number of amides is 3. The molecule has 0 unspecified atom stereocenters. The van der Waals surface area contributed by atoms with Gasteiger partial charge in [-0.1, -0.05) is 55.0 Å². The lowest BCUT2D eigenvalue weighted by atomic mass is 10.0. The molecule has 2 fully saturated rings. The highest BCUT2D eigenvalue weighted by Crippen LogP contribution is 2.33. The first kappa shape index (κ1) is 26.0. The molecule has 36 heavy (non-hydrogen) atoms. The minimum atomic E-state index is -0.423. The molecule has 8 heteroatoms. The molecule has 4 rings (SSSR count). The van der Waals surface area contributed by atoms with E-state index in [9.17, 15) is 9.59 Å². The molecule has 2 aromatic rings. The molecule has 0 aliphatic carbocycles. The molecular formula is C28H39N5O3. The van der Waals surface area contributed by atoms with Gasteiger partial charge >= 0.3 is 12.1 Å². The van der Waals surface area contributed by atoms with Crippen LogP contribution in [0.1, 0.15) is 38.5 Å². The second kappa shape index (κ2) is 13.8. The number of anilines is 1. The van der Waals surface area contributed by atoms with Crippen molar-refractivity contribution in [2.75, 3.05) is 57.4 Å². The average molecular weight is 494 g/mol. The summed E-state index contributed by atoms with van der Waals surface area (Å²) in [5.74, 6) is 0. The van der Waals surface area contributed by atoms with Gasteiger partial charge in [0.05, 0.1) is 12.2 Å². The monoisotopic (exact) mass is 493 g/mol. The van der Waals surface area contributed by atoms with E-state index in [1.54, 1.807) is 5.01 Å². The number of ether oxygens (including phenoxy) is 1. The lowest BCUT2D eigenvalue weighted by Gasteiger charge is -2.37. The summed E-state index contributed by atoms with van der Waals surface area (Å²) in [6.07, 6.45) is 6.31. The number of rotatable bonds is 10. The average Bonchev–Trinajstić information content (AvgIpc) is 3.44. The SMILES string of the molecule is O=C(NCCCN1CCCC1)NCCOC(=O)N(c1ccccc1-c1ccccc1)N1CCCCC1. The maximum atomic E-state index is 13.3. The third-order valence-electron chi connectivity index (χ3n) is 6.75. The second-order valence-electron chi connectivity index (χ2n) is 9.41. The molecule has 2 N–H and O–H groups in total. The van der Waals surface area contributed by atoms with Gasteiger partial charge in [0, 0.05) is 25.2 Å². The number of carbonyl (C=O) groups is 2. The van der Waals surface area contributed by atoms with Gasteiger partial charge in [0.25, 0.3) is 0 Å². The summed E-state index contributed by atoms with van der Waals surface area (Å²) >= 11 is 0. The fraction of sp³-hybridized carbons (Fsp3) is 0.500. The Bertz CT molecular complexity index is 959. The van der Waals surface area contributed by atoms with Crippen molar-refractivity contribution >= 4 is 17.8 Å². The molecule has 0 bridgehead atoms. The number of para-hydroxylation sites is 1. The Kier molecular flexibility index (Phi) is 9.99. The van der Waals surface area contributed by atoms with Gasteiger partial charge in [-0.3, -0.25) is 0 Å². The summed E-state index contributed by atoms with van der Waals surface area (Å²) < 4.78 is 5.64. The maximum absolute atomic E-state index is 13.3. The Hall–Kier alpha value is -3.10. The Morgan fingerprint density at radius 3 is 2.25 bits per heavy atom. The first-order chi connectivity index (χ1) is 17.7. The van der Waals surface area contributed by atoms with Crippen LogP contribution in [-0.2, 0) is 4.74 Å². The van der Waals surface area contributed by atoms with Crippen LogP contribution < -0.4 is 15.6 Å². The Labute approximate surface area is 214 Å². The van der Waals surface area contributed by atoms with E-state index < -0.39 is 6.09 Å². The summed E-state index contributed by atoms with van der Waals surface area (Å²) in [6.45, 7) is 5.97. The molecule has 3 amide bonds. The Morgan fingerprint density at radius 2 is 1.47 bits per heavy atom. The molecular weight excluding hydrogens is 454 g/mol. The third kappa shape index (κ3) is 7.45. The van der Waals surface area contributed by atoms with E-state index in [0.29, 0.717) is 6.54 Å². The predicted octanol–water partition coefficient (Wildman–Crippen LogP) is 4.48. The number of nitrogens with zero attached hydrogens (tertiary/aromatic N) is 3. The van der Waals surface area contributed by atoms with Crippen LogP contribution in [0.3, 0.4) is 0 Å². The quantitative estimate of drug-likeness (QED) is 0.477. The van der Waals surface area contributed by atoms with Crippen LogP contribution in [0.5, 0.6) is 0 Å². The van der Waals surface area contributed by atoms with E-state index in [0.717, 1.165) is 62.1 Å². The van der Waals surface area contributed by atoms with E-state index >= 15 is 0 Å². The van der Waals surface area contributed by atoms with Gasteiger partial charge in [-0.05, 0) is 63.4 Å². The minimum absolute atomic E-state index is 0.109. The fourth-order valence-electron chi connectivity index (χ4n) is 4.90. The van der Waals surface area contributed by atoms with Crippen molar-refractivity contribution in [1.82, 2.24) is 20.5 Å². The van der Waals surface area contributed by atoms with Crippen molar-refractivity contribution in [1.29, 1.82) is 0 Å². The van der Waals surface area contributed by atoms with Crippen LogP contribution in [0.25, 0.3) is 11.1 Å². The number of benzene rings is 2. The molecule has 0 aromatic heterocycles. The standard InChI is InChI=1S/C28H39N5O3/c34-27(29-16-11-20-31-18-9-10-19-31)30-17-23-36-28(35)33(32-21-7-2-8-22-32)26-15-6-5-14-25(26)24-12-3-1-4-13-24/h1,3-6,12-15H,2,7-11,16-23H2,(H2,29,30,34). The topological polar surface area (TPSA) is 77.2 Å². The summed E-state index contributed by atoms with van der Waals surface area (Å²) in [6, 6.07) is 17.8. The van der Waals surface area contributed by atoms with Gasteiger partial charge < -0.3 is 20.3 Å². The molecule has 0 saturated carbocycles. The smallest absolute Gasteiger partial charge is 0.429 e. The van der Waals surface area contributed by atoms with Crippen molar-refractivity contribution in [2.24, 2.45) is 0 Å². The zero-order chi connectivity index (χ0) is 25.0. The van der Waals surface area contributed by atoms with Crippen LogP contribution in [0, 0.1) is 0 Å². The molecule has 194 valence electrons. The number of carbonyl (C=O) groups excluding carboxylic acids is 2. The van der Waals surface area contributed by atoms with E-state index in [4.69, 9.17) is 4.74 Å². The number of urea groups is 1. The van der Waals surface area contributed by atoms with Crippen molar-refractivity contribution < 1.29 is 14.3 Å². The maximum Gasteiger partial charge on any atom is 0.429 e. The van der Waals surface area contributed by atoms with Crippen molar-refractivity contribution in [3.63, 3.8) is 0 Å². The molecule has 2 saturated heterocycles. The summed E-state index contributed by atoms with van der Waals surface area (Å²) in [7, 11) is 0.